The molecule has 0 radical (unpaired) electrons. The number of carbonyl (C=O) groups is 2. The quantitative estimate of drug-likeness (QED) is 0.628. The zero-order valence-corrected chi connectivity index (χ0v) is 8.88. The molecule has 1 amide bonds. The van der Waals surface area contributed by atoms with Crippen LogP contribution in [0.5, 0.6) is 0 Å². The number of hydrogen-bond donors (Lipinski definition) is 3. The van der Waals surface area contributed by atoms with E-state index in [1.54, 1.807) is 0 Å². The van der Waals surface area contributed by atoms with Crippen molar-refractivity contribution >= 4 is 17.6 Å². The van der Waals surface area contributed by atoms with E-state index in [9.17, 15) is 9.59 Å². The summed E-state index contributed by atoms with van der Waals surface area (Å²) in [5, 5.41) is 11.1. The van der Waals surface area contributed by atoms with Crippen molar-refractivity contribution in [2.45, 2.75) is 12.5 Å². The average Bonchev–Trinajstić information content (AvgIpc) is 2.29. The molecule has 4 N–H and O–H groups in total. The number of nitrogens with two attached hydrogens (primary N) is 1. The number of carboxylic acid groups (broad SMARTS) is 1. The zero-order chi connectivity index (χ0) is 12.8. The molecule has 0 spiro atoms. The smallest absolute Gasteiger partial charge is 0.327 e. The number of amides is 1. The molecule has 88 valence electrons. The van der Waals surface area contributed by atoms with E-state index in [4.69, 9.17) is 17.3 Å². The van der Waals surface area contributed by atoms with Crippen molar-refractivity contribution in [1.82, 2.24) is 10.3 Å². The Hall–Kier alpha value is -2.55. The number of pyridine rings is 1. The van der Waals surface area contributed by atoms with Gasteiger partial charge in [-0.1, -0.05) is 0 Å². The topological polar surface area (TPSA) is 105 Å². The molecule has 0 aliphatic heterocycles. The standard InChI is InChI=1S/C11H11N3O3/c1-2-3-9(11(16)17)14-10(15)8-5-4-7(12)6-13-8/h1,4-6,9H,3,12H2,(H,14,15)(H,16,17). The number of aliphatic carboxylic acids is 1. The number of nitrogen functional groups attached to an aromatic ring is 1. The summed E-state index contributed by atoms with van der Waals surface area (Å²) in [6, 6.07) is 1.78. The molecule has 0 bridgehead atoms. The fourth-order valence-corrected chi connectivity index (χ4v) is 1.09. The zero-order valence-electron chi connectivity index (χ0n) is 8.88. The molecule has 0 aliphatic rings. The van der Waals surface area contributed by atoms with E-state index < -0.39 is 17.9 Å². The maximum atomic E-state index is 11.6. The number of nitrogens with zero attached hydrogens (tertiary/aromatic N) is 1. The molecule has 1 heterocycles. The predicted octanol–water partition coefficient (Wildman–Crippen LogP) is -0.130. The Balaban J connectivity index is 2.74. The molecule has 0 fully saturated rings. The van der Waals surface area contributed by atoms with Gasteiger partial charge in [-0.15, -0.1) is 12.3 Å². The Labute approximate surface area is 97.8 Å². The summed E-state index contributed by atoms with van der Waals surface area (Å²) in [6.45, 7) is 0. The Morgan fingerprint density at radius 3 is 2.76 bits per heavy atom. The lowest BCUT2D eigenvalue weighted by Gasteiger charge is -2.11. The van der Waals surface area contributed by atoms with Crippen LogP contribution in [0.15, 0.2) is 18.3 Å². The number of anilines is 1. The van der Waals surface area contributed by atoms with Crippen LogP contribution in [-0.2, 0) is 4.79 Å². The van der Waals surface area contributed by atoms with Gasteiger partial charge in [0.25, 0.3) is 5.91 Å². The first kappa shape index (κ1) is 12.5. The molecular weight excluding hydrogens is 222 g/mol. The molecule has 1 rings (SSSR count). The van der Waals surface area contributed by atoms with E-state index in [0.717, 1.165) is 0 Å². The van der Waals surface area contributed by atoms with Crippen LogP contribution in [0.4, 0.5) is 5.69 Å². The molecule has 1 atom stereocenters. The molecule has 17 heavy (non-hydrogen) atoms. The molecule has 1 unspecified atom stereocenters. The Morgan fingerprint density at radius 1 is 1.59 bits per heavy atom. The number of nitrogens with one attached hydrogen (secondary N) is 1. The van der Waals surface area contributed by atoms with Gasteiger partial charge in [-0.25, -0.2) is 9.78 Å². The molecule has 1 aromatic heterocycles. The third-order valence-electron chi connectivity index (χ3n) is 1.94. The molecule has 6 heteroatoms. The third kappa shape index (κ3) is 3.50. The number of terminal acetylenes is 1. The maximum Gasteiger partial charge on any atom is 0.327 e. The second kappa shape index (κ2) is 5.51. The number of rotatable bonds is 4. The SMILES string of the molecule is C#CCC(NC(=O)c1ccc(N)cn1)C(=O)O. The fraction of sp³-hybridized carbons (Fsp3) is 0.182. The number of aromatic nitrogens is 1. The van der Waals surface area contributed by atoms with Crippen molar-refractivity contribution < 1.29 is 14.7 Å². The fourth-order valence-electron chi connectivity index (χ4n) is 1.09. The number of carbonyl (C=O) groups excluding carboxylic acids is 1. The van der Waals surface area contributed by atoms with Crippen LogP contribution in [-0.4, -0.2) is 28.0 Å². The molecule has 6 nitrogen and oxygen atoms in total. The van der Waals surface area contributed by atoms with Crippen LogP contribution in [0.2, 0.25) is 0 Å². The predicted molar refractivity (Wildman–Crippen MR) is 61.0 cm³/mol. The van der Waals surface area contributed by atoms with Crippen LogP contribution in [0, 0.1) is 12.3 Å². The second-order valence-corrected chi connectivity index (χ2v) is 3.25. The van der Waals surface area contributed by atoms with Gasteiger partial charge in [-0.05, 0) is 12.1 Å². The van der Waals surface area contributed by atoms with Gasteiger partial charge in [-0.2, -0.15) is 0 Å². The van der Waals surface area contributed by atoms with Gasteiger partial charge in [-0.3, -0.25) is 4.79 Å². The van der Waals surface area contributed by atoms with Gasteiger partial charge in [0.05, 0.1) is 11.9 Å². The van der Waals surface area contributed by atoms with Gasteiger partial charge < -0.3 is 16.2 Å². The highest BCUT2D eigenvalue weighted by Crippen LogP contribution is 2.02. The lowest BCUT2D eigenvalue weighted by molar-refractivity contribution is -0.139. The van der Waals surface area contributed by atoms with Gasteiger partial charge in [0.1, 0.15) is 11.7 Å². The highest BCUT2D eigenvalue weighted by molar-refractivity contribution is 5.95. The minimum absolute atomic E-state index is 0.0856. The highest BCUT2D eigenvalue weighted by Gasteiger charge is 2.19. The summed E-state index contributed by atoms with van der Waals surface area (Å²) in [5.74, 6) is 0.387. The summed E-state index contributed by atoms with van der Waals surface area (Å²) < 4.78 is 0. The normalized spacial score (nSPS) is 11.2. The summed E-state index contributed by atoms with van der Waals surface area (Å²) in [5.41, 5.74) is 5.91. The van der Waals surface area contributed by atoms with Crippen LogP contribution in [0.25, 0.3) is 0 Å². The first-order chi connectivity index (χ1) is 8.04. The van der Waals surface area contributed by atoms with Crippen molar-refractivity contribution in [1.29, 1.82) is 0 Å². The number of hydrogen-bond acceptors (Lipinski definition) is 4. The molecule has 0 aromatic carbocycles. The molecular formula is C11H11N3O3. The van der Waals surface area contributed by atoms with E-state index in [1.165, 1.54) is 18.3 Å². The minimum Gasteiger partial charge on any atom is -0.480 e. The lowest BCUT2D eigenvalue weighted by Crippen LogP contribution is -2.40. The maximum absolute atomic E-state index is 11.6. The molecule has 0 saturated carbocycles. The van der Waals surface area contributed by atoms with Crippen molar-refractivity contribution in [2.75, 3.05) is 5.73 Å². The van der Waals surface area contributed by atoms with Crippen molar-refractivity contribution in [3.05, 3.63) is 24.0 Å². The van der Waals surface area contributed by atoms with Gasteiger partial charge in [0, 0.05) is 6.42 Å². The molecule has 1 aromatic rings. The Morgan fingerprint density at radius 2 is 2.29 bits per heavy atom. The lowest BCUT2D eigenvalue weighted by atomic mass is 10.2. The molecule has 0 aliphatic carbocycles. The summed E-state index contributed by atoms with van der Waals surface area (Å²) >= 11 is 0. The van der Waals surface area contributed by atoms with Crippen molar-refractivity contribution in [2.24, 2.45) is 0 Å². The Kier molecular flexibility index (Phi) is 4.06. The van der Waals surface area contributed by atoms with Gasteiger partial charge >= 0.3 is 5.97 Å². The summed E-state index contributed by atoms with van der Waals surface area (Å²) in [4.78, 5) is 26.1. The van der Waals surface area contributed by atoms with Crippen molar-refractivity contribution in [3.63, 3.8) is 0 Å². The van der Waals surface area contributed by atoms with E-state index in [2.05, 4.69) is 16.2 Å². The Bertz CT molecular complexity index is 462. The van der Waals surface area contributed by atoms with Gasteiger partial charge in [0.15, 0.2) is 0 Å². The van der Waals surface area contributed by atoms with E-state index in [-0.39, 0.29) is 12.1 Å². The monoisotopic (exact) mass is 233 g/mol. The number of carboxylic acids is 1. The minimum atomic E-state index is -1.19. The van der Waals surface area contributed by atoms with Crippen LogP contribution in [0.3, 0.4) is 0 Å². The first-order valence-corrected chi connectivity index (χ1v) is 4.73. The van der Waals surface area contributed by atoms with Crippen LogP contribution < -0.4 is 11.1 Å². The summed E-state index contributed by atoms with van der Waals surface area (Å²) in [6.07, 6.45) is 6.23. The first-order valence-electron chi connectivity index (χ1n) is 4.73. The van der Waals surface area contributed by atoms with Crippen LogP contribution in [0.1, 0.15) is 16.9 Å². The van der Waals surface area contributed by atoms with Gasteiger partial charge in [0.2, 0.25) is 0 Å². The van der Waals surface area contributed by atoms with E-state index in [1.807, 2.05) is 0 Å². The second-order valence-electron chi connectivity index (χ2n) is 3.25. The van der Waals surface area contributed by atoms with E-state index >= 15 is 0 Å². The van der Waals surface area contributed by atoms with Crippen molar-refractivity contribution in [3.8, 4) is 12.3 Å². The molecule has 0 saturated heterocycles. The highest BCUT2D eigenvalue weighted by atomic mass is 16.4. The summed E-state index contributed by atoms with van der Waals surface area (Å²) in [7, 11) is 0. The third-order valence-corrected chi connectivity index (χ3v) is 1.94. The van der Waals surface area contributed by atoms with E-state index in [0.29, 0.717) is 5.69 Å². The average molecular weight is 233 g/mol. The van der Waals surface area contributed by atoms with Crippen LogP contribution >= 0.6 is 0 Å². The largest absolute Gasteiger partial charge is 0.480 e.